The van der Waals surface area contributed by atoms with Gasteiger partial charge in [-0.05, 0) is 31.4 Å². The van der Waals surface area contributed by atoms with E-state index in [1.54, 1.807) is 0 Å². The SMILES string of the molecule is O=C(NCC1(CO)CCCCC1)[C@H]1C[C@H]1c1c(F)cccc1F. The number of benzene rings is 1. The van der Waals surface area contributed by atoms with E-state index in [4.69, 9.17) is 0 Å². The molecule has 0 aromatic heterocycles. The van der Waals surface area contributed by atoms with Crippen LogP contribution in [0.3, 0.4) is 0 Å². The van der Waals surface area contributed by atoms with Crippen molar-refractivity contribution in [3.63, 3.8) is 0 Å². The van der Waals surface area contributed by atoms with E-state index in [1.165, 1.54) is 24.6 Å². The topological polar surface area (TPSA) is 49.3 Å². The lowest BCUT2D eigenvalue weighted by atomic mass is 9.74. The van der Waals surface area contributed by atoms with Crippen molar-refractivity contribution in [1.29, 1.82) is 0 Å². The van der Waals surface area contributed by atoms with Gasteiger partial charge in [0.25, 0.3) is 0 Å². The van der Waals surface area contributed by atoms with Crippen LogP contribution in [-0.2, 0) is 4.79 Å². The molecule has 0 aliphatic heterocycles. The highest BCUT2D eigenvalue weighted by Gasteiger charge is 2.47. The fourth-order valence-electron chi connectivity index (χ4n) is 3.77. The second kappa shape index (κ2) is 6.56. The molecule has 1 aromatic rings. The summed E-state index contributed by atoms with van der Waals surface area (Å²) in [5, 5.41) is 12.6. The van der Waals surface area contributed by atoms with E-state index in [2.05, 4.69) is 5.32 Å². The number of aliphatic hydroxyl groups is 1. The highest BCUT2D eigenvalue weighted by atomic mass is 19.1. The summed E-state index contributed by atoms with van der Waals surface area (Å²) in [6.07, 6.45) is 5.63. The van der Waals surface area contributed by atoms with E-state index in [9.17, 15) is 18.7 Å². The number of amides is 1. The first kappa shape index (κ1) is 16.4. The van der Waals surface area contributed by atoms with Crippen molar-refractivity contribution in [2.24, 2.45) is 11.3 Å². The maximum Gasteiger partial charge on any atom is 0.223 e. The summed E-state index contributed by atoms with van der Waals surface area (Å²) in [4.78, 5) is 12.3. The zero-order chi connectivity index (χ0) is 16.4. The van der Waals surface area contributed by atoms with E-state index in [-0.39, 0.29) is 35.3 Å². The van der Waals surface area contributed by atoms with Crippen LogP contribution in [0.2, 0.25) is 0 Å². The van der Waals surface area contributed by atoms with E-state index >= 15 is 0 Å². The Bertz CT molecular complexity index is 564. The average Bonchev–Trinajstić information content (AvgIpc) is 3.34. The molecule has 2 N–H and O–H groups in total. The van der Waals surface area contributed by atoms with Crippen LogP contribution < -0.4 is 5.32 Å². The summed E-state index contributed by atoms with van der Waals surface area (Å²) in [6, 6.07) is 3.79. The molecule has 0 spiro atoms. The Labute approximate surface area is 135 Å². The number of halogens is 2. The maximum absolute atomic E-state index is 13.8. The molecule has 0 bridgehead atoms. The summed E-state index contributed by atoms with van der Waals surface area (Å²) < 4.78 is 27.5. The van der Waals surface area contributed by atoms with E-state index in [0.29, 0.717) is 13.0 Å². The maximum atomic E-state index is 13.8. The van der Waals surface area contributed by atoms with Gasteiger partial charge in [0.1, 0.15) is 11.6 Å². The Kier molecular flexibility index (Phi) is 4.67. The number of hydrogen-bond acceptors (Lipinski definition) is 2. The first-order chi connectivity index (χ1) is 11.1. The van der Waals surface area contributed by atoms with Gasteiger partial charge in [0, 0.05) is 29.4 Å². The molecule has 126 valence electrons. The number of rotatable bonds is 5. The first-order valence-electron chi connectivity index (χ1n) is 8.39. The number of carbonyl (C=O) groups excluding carboxylic acids is 1. The van der Waals surface area contributed by atoms with Gasteiger partial charge in [0.15, 0.2) is 0 Å². The third-order valence-electron chi connectivity index (χ3n) is 5.38. The van der Waals surface area contributed by atoms with E-state index in [1.807, 2.05) is 0 Å². The molecule has 0 radical (unpaired) electrons. The molecule has 3 rings (SSSR count). The van der Waals surface area contributed by atoms with Gasteiger partial charge in [0.05, 0.1) is 6.61 Å². The second-order valence-corrected chi connectivity index (χ2v) is 7.02. The fraction of sp³-hybridized carbons (Fsp3) is 0.611. The van der Waals surface area contributed by atoms with Crippen molar-refractivity contribution in [2.45, 2.75) is 44.4 Å². The third-order valence-corrected chi connectivity index (χ3v) is 5.38. The summed E-state index contributed by atoms with van der Waals surface area (Å²) in [5.41, 5.74) is -0.191. The third kappa shape index (κ3) is 3.39. The van der Waals surface area contributed by atoms with Crippen molar-refractivity contribution >= 4 is 5.91 Å². The van der Waals surface area contributed by atoms with Crippen LogP contribution in [0.15, 0.2) is 18.2 Å². The number of aliphatic hydroxyl groups excluding tert-OH is 1. The smallest absolute Gasteiger partial charge is 0.223 e. The van der Waals surface area contributed by atoms with Crippen molar-refractivity contribution < 1.29 is 18.7 Å². The van der Waals surface area contributed by atoms with Crippen molar-refractivity contribution in [2.75, 3.05) is 13.2 Å². The molecule has 2 atom stereocenters. The lowest BCUT2D eigenvalue weighted by Crippen LogP contribution is -2.42. The predicted octanol–water partition coefficient (Wildman–Crippen LogP) is 3.13. The van der Waals surface area contributed by atoms with Gasteiger partial charge in [-0.25, -0.2) is 8.78 Å². The minimum Gasteiger partial charge on any atom is -0.396 e. The first-order valence-corrected chi connectivity index (χ1v) is 8.39. The van der Waals surface area contributed by atoms with Crippen LogP contribution in [0.25, 0.3) is 0 Å². The molecule has 2 fully saturated rings. The van der Waals surface area contributed by atoms with Gasteiger partial charge in [-0.2, -0.15) is 0 Å². The minimum absolute atomic E-state index is 0.0298. The number of nitrogens with one attached hydrogen (secondary N) is 1. The normalized spacial score (nSPS) is 25.9. The molecule has 0 saturated heterocycles. The summed E-state index contributed by atoms with van der Waals surface area (Å²) >= 11 is 0. The van der Waals surface area contributed by atoms with Crippen molar-refractivity contribution in [3.8, 4) is 0 Å². The predicted molar refractivity (Wildman–Crippen MR) is 82.8 cm³/mol. The van der Waals surface area contributed by atoms with Crippen LogP contribution in [0.5, 0.6) is 0 Å². The molecule has 5 heteroatoms. The van der Waals surface area contributed by atoms with Gasteiger partial charge in [-0.1, -0.05) is 25.3 Å². The van der Waals surface area contributed by atoms with Crippen molar-refractivity contribution in [3.05, 3.63) is 35.4 Å². The lowest BCUT2D eigenvalue weighted by molar-refractivity contribution is -0.123. The highest BCUT2D eigenvalue weighted by Crippen LogP contribution is 2.49. The van der Waals surface area contributed by atoms with Crippen LogP contribution >= 0.6 is 0 Å². The zero-order valence-corrected chi connectivity index (χ0v) is 13.2. The van der Waals surface area contributed by atoms with Crippen molar-refractivity contribution in [1.82, 2.24) is 5.32 Å². The Morgan fingerprint density at radius 2 is 1.87 bits per heavy atom. The molecule has 3 nitrogen and oxygen atoms in total. The molecule has 23 heavy (non-hydrogen) atoms. The van der Waals surface area contributed by atoms with Gasteiger partial charge in [-0.3, -0.25) is 4.79 Å². The van der Waals surface area contributed by atoms with Gasteiger partial charge < -0.3 is 10.4 Å². The largest absolute Gasteiger partial charge is 0.396 e. The molecule has 0 heterocycles. The molecule has 2 saturated carbocycles. The van der Waals surface area contributed by atoms with Gasteiger partial charge >= 0.3 is 0 Å². The molecule has 1 amide bonds. The Hall–Kier alpha value is -1.49. The summed E-state index contributed by atoms with van der Waals surface area (Å²) in [7, 11) is 0. The molecule has 1 aromatic carbocycles. The molecule has 2 aliphatic rings. The summed E-state index contributed by atoms with van der Waals surface area (Å²) in [6.45, 7) is 0.522. The second-order valence-electron chi connectivity index (χ2n) is 7.02. The molecule has 2 aliphatic carbocycles. The quantitative estimate of drug-likeness (QED) is 0.875. The lowest BCUT2D eigenvalue weighted by Gasteiger charge is -2.35. The molecular formula is C18H23F2NO2. The number of carbonyl (C=O) groups is 1. The monoisotopic (exact) mass is 323 g/mol. The van der Waals surface area contributed by atoms with Crippen LogP contribution in [0.1, 0.15) is 50.0 Å². The highest BCUT2D eigenvalue weighted by molar-refractivity contribution is 5.83. The van der Waals surface area contributed by atoms with Gasteiger partial charge in [0.2, 0.25) is 5.91 Å². The Balaban J connectivity index is 1.58. The minimum atomic E-state index is -0.579. The number of hydrogen-bond donors (Lipinski definition) is 2. The van der Waals surface area contributed by atoms with E-state index in [0.717, 1.165) is 25.7 Å². The van der Waals surface area contributed by atoms with E-state index < -0.39 is 11.6 Å². The Morgan fingerprint density at radius 3 is 2.48 bits per heavy atom. The molecule has 0 unspecified atom stereocenters. The van der Waals surface area contributed by atoms with Crippen LogP contribution in [0, 0.1) is 23.0 Å². The fourth-order valence-corrected chi connectivity index (χ4v) is 3.77. The van der Waals surface area contributed by atoms with Crippen LogP contribution in [0.4, 0.5) is 8.78 Å². The summed E-state index contributed by atoms with van der Waals surface area (Å²) in [5.74, 6) is -2.04. The van der Waals surface area contributed by atoms with Crippen LogP contribution in [-0.4, -0.2) is 24.2 Å². The Morgan fingerprint density at radius 1 is 1.22 bits per heavy atom. The average molecular weight is 323 g/mol. The zero-order valence-electron chi connectivity index (χ0n) is 13.2. The molecular weight excluding hydrogens is 300 g/mol. The standard InChI is InChI=1S/C18H23F2NO2/c19-14-5-4-6-15(20)16(14)12-9-13(12)17(23)21-10-18(11-22)7-2-1-3-8-18/h4-6,12-13,22H,1-3,7-11H2,(H,21,23)/t12-,13+/m1/s1. The van der Waals surface area contributed by atoms with Gasteiger partial charge in [-0.15, -0.1) is 0 Å².